The van der Waals surface area contributed by atoms with Crippen LogP contribution in [-0.4, -0.2) is 45.7 Å². The summed E-state index contributed by atoms with van der Waals surface area (Å²) in [5, 5.41) is 12.7. The molecule has 6 rings (SSSR count). The zero-order chi connectivity index (χ0) is 26.9. The SMILES string of the molecule is O=C(O)C(CCOC1CC(CCc2ccc3c(n2)CCCC3)C1)NC(=O)C1(c2ccccn2)CC2(CCC2)C1. The highest BCUT2D eigenvalue weighted by atomic mass is 16.5. The first kappa shape index (κ1) is 26.4. The van der Waals surface area contributed by atoms with Crippen molar-refractivity contribution in [3.8, 4) is 0 Å². The smallest absolute Gasteiger partial charge is 0.326 e. The Morgan fingerprint density at radius 1 is 1.08 bits per heavy atom. The first-order chi connectivity index (χ1) is 18.9. The van der Waals surface area contributed by atoms with Crippen LogP contribution in [0.4, 0.5) is 0 Å². The Bertz CT molecular complexity index is 1180. The van der Waals surface area contributed by atoms with Crippen molar-refractivity contribution in [3.05, 3.63) is 59.2 Å². The van der Waals surface area contributed by atoms with E-state index in [-0.39, 0.29) is 23.8 Å². The molecule has 1 amide bonds. The molecule has 208 valence electrons. The second-order valence-corrected chi connectivity index (χ2v) is 12.6. The van der Waals surface area contributed by atoms with Crippen LogP contribution >= 0.6 is 0 Å². The summed E-state index contributed by atoms with van der Waals surface area (Å²) in [6, 6.07) is 9.17. The Morgan fingerprint density at radius 2 is 1.90 bits per heavy atom. The number of rotatable bonds is 11. The maximum Gasteiger partial charge on any atom is 0.326 e. The lowest BCUT2D eigenvalue weighted by Crippen LogP contribution is -2.62. The monoisotopic (exact) mass is 531 g/mol. The molecule has 1 atom stereocenters. The van der Waals surface area contributed by atoms with Gasteiger partial charge in [-0.15, -0.1) is 0 Å². The van der Waals surface area contributed by atoms with Gasteiger partial charge in [0.25, 0.3) is 0 Å². The maximum atomic E-state index is 13.5. The van der Waals surface area contributed by atoms with Crippen LogP contribution in [-0.2, 0) is 39.0 Å². The van der Waals surface area contributed by atoms with Crippen molar-refractivity contribution < 1.29 is 19.4 Å². The minimum Gasteiger partial charge on any atom is -0.480 e. The minimum atomic E-state index is -1.01. The van der Waals surface area contributed by atoms with Gasteiger partial charge in [-0.05, 0) is 112 Å². The van der Waals surface area contributed by atoms with Crippen LogP contribution in [0, 0.1) is 11.3 Å². The van der Waals surface area contributed by atoms with Gasteiger partial charge in [-0.3, -0.25) is 14.8 Å². The second kappa shape index (κ2) is 11.0. The summed E-state index contributed by atoms with van der Waals surface area (Å²) in [5.41, 5.74) is 4.22. The van der Waals surface area contributed by atoms with E-state index >= 15 is 0 Å². The van der Waals surface area contributed by atoms with Crippen molar-refractivity contribution in [1.82, 2.24) is 15.3 Å². The van der Waals surface area contributed by atoms with Crippen LogP contribution in [0.2, 0.25) is 0 Å². The molecule has 0 radical (unpaired) electrons. The standard InChI is InChI=1S/C32H41N3O4/c36-29(37)27(35-30(38)32(28-8-3-4-16-33-28)20-31(21-32)14-5-15-31)13-17-39-25-18-22(19-25)9-11-24-12-10-23-6-1-2-7-26(23)34-24/h3-4,8,10,12,16,22,25,27H,1-2,5-7,9,11,13-15,17-21H2,(H,35,38)(H,36,37). The van der Waals surface area contributed by atoms with Gasteiger partial charge in [-0.2, -0.15) is 0 Å². The van der Waals surface area contributed by atoms with E-state index in [0.717, 1.165) is 63.5 Å². The zero-order valence-corrected chi connectivity index (χ0v) is 22.9. The van der Waals surface area contributed by atoms with Gasteiger partial charge in [0.1, 0.15) is 6.04 Å². The fourth-order valence-corrected chi connectivity index (χ4v) is 7.43. The van der Waals surface area contributed by atoms with Crippen molar-refractivity contribution in [2.45, 2.75) is 107 Å². The molecular weight excluding hydrogens is 490 g/mol. The summed E-state index contributed by atoms with van der Waals surface area (Å²) in [4.78, 5) is 34.9. The number of hydrogen-bond donors (Lipinski definition) is 2. The van der Waals surface area contributed by atoms with Gasteiger partial charge in [-0.25, -0.2) is 4.79 Å². The number of ether oxygens (including phenoxy) is 1. The molecule has 3 saturated carbocycles. The molecule has 0 saturated heterocycles. The summed E-state index contributed by atoms with van der Waals surface area (Å²) in [5.74, 6) is -0.575. The maximum absolute atomic E-state index is 13.5. The number of fused-ring (bicyclic) bond motifs is 1. The minimum absolute atomic E-state index is 0.182. The number of nitrogens with one attached hydrogen (secondary N) is 1. The van der Waals surface area contributed by atoms with Crippen molar-refractivity contribution in [2.24, 2.45) is 11.3 Å². The molecule has 2 aromatic rings. The van der Waals surface area contributed by atoms with Crippen LogP contribution < -0.4 is 5.32 Å². The van der Waals surface area contributed by atoms with E-state index in [4.69, 9.17) is 9.72 Å². The molecule has 2 N–H and O–H groups in total. The molecule has 1 spiro atoms. The molecule has 2 heterocycles. The number of aromatic nitrogens is 2. The van der Waals surface area contributed by atoms with Crippen molar-refractivity contribution >= 4 is 11.9 Å². The lowest BCUT2D eigenvalue weighted by Gasteiger charge is -2.59. The number of nitrogens with zero attached hydrogens (tertiary/aromatic N) is 2. The van der Waals surface area contributed by atoms with Crippen LogP contribution in [0.5, 0.6) is 0 Å². The number of aliphatic carboxylic acids is 1. The van der Waals surface area contributed by atoms with Gasteiger partial charge in [0.15, 0.2) is 0 Å². The van der Waals surface area contributed by atoms with Crippen LogP contribution in [0.3, 0.4) is 0 Å². The molecule has 7 heteroatoms. The Labute approximate surface area is 231 Å². The normalized spacial score (nSPS) is 24.9. The third-order valence-corrected chi connectivity index (χ3v) is 9.96. The Balaban J connectivity index is 0.950. The highest BCUT2D eigenvalue weighted by Crippen LogP contribution is 2.64. The summed E-state index contributed by atoms with van der Waals surface area (Å²) in [6.45, 7) is 0.335. The number of carbonyl (C=O) groups is 2. The van der Waals surface area contributed by atoms with Gasteiger partial charge in [-0.1, -0.05) is 18.6 Å². The molecule has 39 heavy (non-hydrogen) atoms. The van der Waals surface area contributed by atoms with E-state index in [1.807, 2.05) is 18.2 Å². The summed E-state index contributed by atoms with van der Waals surface area (Å²) in [7, 11) is 0. The van der Waals surface area contributed by atoms with Gasteiger partial charge in [0.2, 0.25) is 5.91 Å². The summed E-state index contributed by atoms with van der Waals surface area (Å²) >= 11 is 0. The largest absolute Gasteiger partial charge is 0.480 e. The van der Waals surface area contributed by atoms with E-state index in [2.05, 4.69) is 22.4 Å². The zero-order valence-electron chi connectivity index (χ0n) is 22.9. The molecule has 4 aliphatic carbocycles. The molecule has 3 fully saturated rings. The first-order valence-electron chi connectivity index (χ1n) is 15.0. The van der Waals surface area contributed by atoms with Crippen LogP contribution in [0.15, 0.2) is 36.5 Å². The predicted molar refractivity (Wildman–Crippen MR) is 147 cm³/mol. The van der Waals surface area contributed by atoms with Crippen molar-refractivity contribution in [2.75, 3.05) is 6.61 Å². The Hall–Kier alpha value is -2.80. The summed E-state index contributed by atoms with van der Waals surface area (Å²) in [6.07, 6.45) is 16.2. The van der Waals surface area contributed by atoms with Crippen LogP contribution in [0.25, 0.3) is 0 Å². The van der Waals surface area contributed by atoms with Crippen LogP contribution in [0.1, 0.15) is 93.3 Å². The number of amides is 1. The molecule has 0 aliphatic heterocycles. The third-order valence-electron chi connectivity index (χ3n) is 9.96. The average molecular weight is 532 g/mol. The molecular formula is C32H41N3O4. The third kappa shape index (κ3) is 5.47. The lowest BCUT2D eigenvalue weighted by atomic mass is 9.44. The quantitative estimate of drug-likeness (QED) is 0.426. The summed E-state index contributed by atoms with van der Waals surface area (Å²) < 4.78 is 6.02. The van der Waals surface area contributed by atoms with E-state index in [1.54, 1.807) is 6.20 Å². The number of aryl methyl sites for hydroxylation is 3. The van der Waals surface area contributed by atoms with Gasteiger partial charge in [0.05, 0.1) is 17.2 Å². The molecule has 7 nitrogen and oxygen atoms in total. The lowest BCUT2D eigenvalue weighted by molar-refractivity contribution is -0.150. The number of pyridine rings is 2. The topological polar surface area (TPSA) is 101 Å². The predicted octanol–water partition coefficient (Wildman–Crippen LogP) is 4.94. The molecule has 4 aliphatic rings. The first-order valence-corrected chi connectivity index (χ1v) is 15.0. The fraction of sp³-hybridized carbons (Fsp3) is 0.625. The van der Waals surface area contributed by atoms with Crippen molar-refractivity contribution in [3.63, 3.8) is 0 Å². The van der Waals surface area contributed by atoms with E-state index in [9.17, 15) is 14.7 Å². The number of carboxylic acids is 1. The second-order valence-electron chi connectivity index (χ2n) is 12.6. The molecule has 2 aromatic heterocycles. The van der Waals surface area contributed by atoms with Gasteiger partial charge < -0.3 is 15.2 Å². The molecule has 0 bridgehead atoms. The number of carbonyl (C=O) groups excluding carboxylic acids is 1. The Kier molecular flexibility index (Phi) is 7.45. The fourth-order valence-electron chi connectivity index (χ4n) is 7.43. The van der Waals surface area contributed by atoms with Gasteiger partial charge in [0, 0.05) is 30.6 Å². The average Bonchev–Trinajstić information content (AvgIpc) is 2.87. The Morgan fingerprint density at radius 3 is 2.62 bits per heavy atom. The van der Waals surface area contributed by atoms with Gasteiger partial charge >= 0.3 is 5.97 Å². The highest BCUT2D eigenvalue weighted by Gasteiger charge is 2.62. The molecule has 1 unspecified atom stereocenters. The van der Waals surface area contributed by atoms with E-state index < -0.39 is 17.4 Å². The number of carboxylic acid groups (broad SMARTS) is 1. The number of hydrogen-bond acceptors (Lipinski definition) is 5. The van der Waals surface area contributed by atoms with E-state index in [0.29, 0.717) is 12.5 Å². The van der Waals surface area contributed by atoms with Crippen molar-refractivity contribution in [1.29, 1.82) is 0 Å². The van der Waals surface area contributed by atoms with E-state index in [1.165, 1.54) is 42.6 Å². The highest BCUT2D eigenvalue weighted by molar-refractivity contribution is 5.92. The molecule has 0 aromatic carbocycles.